The highest BCUT2D eigenvalue weighted by Crippen LogP contribution is 2.61. The van der Waals surface area contributed by atoms with Gasteiger partial charge >= 0.3 is 13.7 Å². The van der Waals surface area contributed by atoms with E-state index >= 15 is 0 Å². The number of carbonyl (C=O) groups is 1. The van der Waals surface area contributed by atoms with E-state index < -0.39 is 24.5 Å². The highest BCUT2D eigenvalue weighted by molar-refractivity contribution is 7.54. The largest absolute Gasteiger partial charge is 0.428 e. The quantitative estimate of drug-likeness (QED) is 0.307. The fourth-order valence-corrected chi connectivity index (χ4v) is 3.71. The van der Waals surface area contributed by atoms with Crippen molar-refractivity contribution in [3.63, 3.8) is 0 Å². The molecule has 0 bridgehead atoms. The van der Waals surface area contributed by atoms with Crippen molar-refractivity contribution >= 4 is 31.0 Å². The van der Waals surface area contributed by atoms with Crippen LogP contribution in [0.5, 0.6) is 0 Å². The topological polar surface area (TPSA) is 131 Å². The van der Waals surface area contributed by atoms with E-state index in [4.69, 9.17) is 31.1 Å². The fourth-order valence-electron chi connectivity index (χ4n) is 1.70. The highest BCUT2D eigenvalue weighted by Gasteiger charge is 2.40. The SMILES string of the molecule is CCOP(=O)(OCCCl)C(OC(N)=O)c1ccc([N+](=O)[O-])cc1. The Kier molecular flexibility index (Phi) is 7.44. The monoisotopic (exact) mass is 366 g/mol. The van der Waals surface area contributed by atoms with Gasteiger partial charge in [0.1, 0.15) is 0 Å². The molecule has 0 spiro atoms. The van der Waals surface area contributed by atoms with E-state index in [-0.39, 0.29) is 30.3 Å². The summed E-state index contributed by atoms with van der Waals surface area (Å²) in [6, 6.07) is 4.90. The predicted octanol–water partition coefficient (Wildman–Crippen LogP) is 3.17. The molecule has 0 heterocycles. The minimum atomic E-state index is -3.94. The van der Waals surface area contributed by atoms with Gasteiger partial charge in [-0.05, 0) is 19.1 Å². The number of nitro groups is 1. The molecule has 0 aliphatic carbocycles. The maximum atomic E-state index is 12.9. The molecular formula is C12H16ClN2O7P. The lowest BCUT2D eigenvalue weighted by Crippen LogP contribution is -2.19. The summed E-state index contributed by atoms with van der Waals surface area (Å²) in [5.74, 6) is -1.41. The molecule has 0 fully saturated rings. The molecule has 11 heteroatoms. The Hall–Kier alpha value is -1.67. The van der Waals surface area contributed by atoms with Crippen molar-refractivity contribution in [3.05, 3.63) is 39.9 Å². The molecule has 1 rings (SSSR count). The molecule has 0 aliphatic rings. The summed E-state index contributed by atoms with van der Waals surface area (Å²) in [6.07, 6.45) is -1.19. The van der Waals surface area contributed by atoms with Crippen LogP contribution in [0.25, 0.3) is 0 Å². The number of amides is 1. The van der Waals surface area contributed by atoms with Crippen LogP contribution >= 0.6 is 19.2 Å². The lowest BCUT2D eigenvalue weighted by Gasteiger charge is -2.25. The van der Waals surface area contributed by atoms with Gasteiger partial charge in [-0.3, -0.25) is 14.7 Å². The molecule has 0 aliphatic heterocycles. The van der Waals surface area contributed by atoms with Gasteiger partial charge in [0.15, 0.2) is 0 Å². The van der Waals surface area contributed by atoms with Gasteiger partial charge in [0.2, 0.25) is 5.85 Å². The molecule has 9 nitrogen and oxygen atoms in total. The molecule has 0 radical (unpaired) electrons. The lowest BCUT2D eigenvalue weighted by atomic mass is 10.2. The zero-order chi connectivity index (χ0) is 17.5. The Balaban J connectivity index is 3.21. The number of nitro benzene ring substituents is 1. The van der Waals surface area contributed by atoms with Crippen molar-refractivity contribution in [1.29, 1.82) is 0 Å². The molecule has 0 aromatic heterocycles. The molecule has 1 aromatic rings. The van der Waals surface area contributed by atoms with E-state index in [0.29, 0.717) is 0 Å². The van der Waals surface area contributed by atoms with Gasteiger partial charge in [0, 0.05) is 23.6 Å². The molecule has 2 unspecified atom stereocenters. The summed E-state index contributed by atoms with van der Waals surface area (Å²) < 4.78 is 28.0. The number of hydrogen-bond donors (Lipinski definition) is 1. The predicted molar refractivity (Wildman–Crippen MR) is 82.4 cm³/mol. The number of rotatable bonds is 9. The number of nitrogens with zero attached hydrogens (tertiary/aromatic N) is 1. The van der Waals surface area contributed by atoms with E-state index in [1.54, 1.807) is 6.92 Å². The van der Waals surface area contributed by atoms with Crippen molar-refractivity contribution in [3.8, 4) is 0 Å². The number of ether oxygens (including phenoxy) is 1. The third kappa shape index (κ3) is 5.47. The minimum absolute atomic E-state index is 0.0190. The molecule has 1 amide bonds. The Morgan fingerprint density at radius 1 is 1.39 bits per heavy atom. The number of carbonyl (C=O) groups excluding carboxylic acids is 1. The van der Waals surface area contributed by atoms with Gasteiger partial charge in [-0.15, -0.1) is 11.6 Å². The van der Waals surface area contributed by atoms with Crippen molar-refractivity contribution in [2.45, 2.75) is 12.8 Å². The number of primary amides is 1. The number of hydrogen-bond acceptors (Lipinski definition) is 7. The zero-order valence-corrected chi connectivity index (χ0v) is 13.9. The van der Waals surface area contributed by atoms with Crippen LogP contribution in [0.2, 0.25) is 0 Å². The number of alkyl halides is 1. The number of non-ortho nitro benzene ring substituents is 1. The van der Waals surface area contributed by atoms with Gasteiger partial charge in [-0.2, -0.15) is 0 Å². The van der Waals surface area contributed by atoms with Crippen molar-refractivity contribution in [2.24, 2.45) is 5.73 Å². The Morgan fingerprint density at radius 2 is 2.00 bits per heavy atom. The first-order valence-electron chi connectivity index (χ1n) is 6.49. The molecule has 0 saturated carbocycles. The molecular weight excluding hydrogens is 351 g/mol. The zero-order valence-electron chi connectivity index (χ0n) is 12.2. The van der Waals surface area contributed by atoms with E-state index in [2.05, 4.69) is 0 Å². The summed E-state index contributed by atoms with van der Waals surface area (Å²) in [6.45, 7) is 1.49. The van der Waals surface area contributed by atoms with Crippen molar-refractivity contribution in [1.82, 2.24) is 0 Å². The van der Waals surface area contributed by atoms with Crippen LogP contribution in [0.1, 0.15) is 18.3 Å². The van der Waals surface area contributed by atoms with Gasteiger partial charge in [-0.1, -0.05) is 0 Å². The van der Waals surface area contributed by atoms with E-state index in [1.165, 1.54) is 24.3 Å². The average Bonchev–Trinajstić information content (AvgIpc) is 2.51. The molecule has 0 saturated heterocycles. The van der Waals surface area contributed by atoms with Crippen LogP contribution in [0.3, 0.4) is 0 Å². The smallest absolute Gasteiger partial charge is 0.405 e. The second-order valence-corrected chi connectivity index (χ2v) is 6.56. The second-order valence-electron chi connectivity index (χ2n) is 4.12. The number of halogens is 1. The van der Waals surface area contributed by atoms with Crippen LogP contribution in [0, 0.1) is 10.1 Å². The first-order valence-corrected chi connectivity index (χ1v) is 8.64. The fraction of sp³-hybridized carbons (Fsp3) is 0.417. The van der Waals surface area contributed by atoms with Gasteiger partial charge in [0.05, 0.1) is 18.1 Å². The summed E-state index contributed by atoms with van der Waals surface area (Å²) in [5, 5.41) is 10.7. The van der Waals surface area contributed by atoms with Crippen LogP contribution in [0.15, 0.2) is 24.3 Å². The standard InChI is InChI=1S/C12H16ClN2O7P/c1-2-20-23(19,21-8-7-13)11(22-12(14)16)9-3-5-10(6-4-9)15(17)18/h3-6,11H,2,7-8H2,1H3,(H2,14,16). The normalized spacial score (nSPS) is 14.7. The Labute approximate surface area is 137 Å². The van der Waals surface area contributed by atoms with E-state index in [0.717, 1.165) is 0 Å². The molecule has 128 valence electrons. The van der Waals surface area contributed by atoms with Crippen LogP contribution in [-0.4, -0.2) is 30.1 Å². The summed E-state index contributed by atoms with van der Waals surface area (Å²) >= 11 is 5.51. The second kappa shape index (κ2) is 8.83. The molecule has 2 N–H and O–H groups in total. The molecule has 23 heavy (non-hydrogen) atoms. The van der Waals surface area contributed by atoms with Gasteiger partial charge in [-0.25, -0.2) is 4.79 Å². The Morgan fingerprint density at radius 3 is 2.43 bits per heavy atom. The maximum Gasteiger partial charge on any atom is 0.405 e. The summed E-state index contributed by atoms with van der Waals surface area (Å²) in [7, 11) is -3.94. The Bertz CT molecular complexity index is 596. The van der Waals surface area contributed by atoms with Gasteiger partial charge < -0.3 is 19.5 Å². The molecule has 1 aromatic carbocycles. The van der Waals surface area contributed by atoms with E-state index in [9.17, 15) is 19.5 Å². The van der Waals surface area contributed by atoms with Crippen molar-refractivity contribution in [2.75, 3.05) is 19.1 Å². The first kappa shape index (κ1) is 19.4. The minimum Gasteiger partial charge on any atom is -0.428 e. The maximum absolute atomic E-state index is 12.9. The number of nitrogens with two attached hydrogens (primary N) is 1. The highest BCUT2D eigenvalue weighted by atomic mass is 35.5. The summed E-state index contributed by atoms with van der Waals surface area (Å²) in [4.78, 5) is 21.2. The lowest BCUT2D eigenvalue weighted by molar-refractivity contribution is -0.384. The number of benzene rings is 1. The molecule has 2 atom stereocenters. The van der Waals surface area contributed by atoms with Gasteiger partial charge in [0.25, 0.3) is 5.69 Å². The third-order valence-corrected chi connectivity index (χ3v) is 4.85. The van der Waals surface area contributed by atoms with Crippen LogP contribution < -0.4 is 5.73 Å². The first-order chi connectivity index (χ1) is 10.8. The summed E-state index contributed by atoms with van der Waals surface area (Å²) in [5.41, 5.74) is 5.00. The van der Waals surface area contributed by atoms with Crippen molar-refractivity contribution < 1.29 is 28.1 Å². The van der Waals surface area contributed by atoms with E-state index in [1.807, 2.05) is 0 Å². The van der Waals surface area contributed by atoms with Crippen LogP contribution in [0.4, 0.5) is 10.5 Å². The average molecular weight is 367 g/mol. The third-order valence-electron chi connectivity index (χ3n) is 2.56. The van der Waals surface area contributed by atoms with Crippen LogP contribution in [-0.2, 0) is 18.3 Å².